The number of hydrogen-bond donors (Lipinski definition) is 2. The number of carbonyl (C=O) groups excluding carboxylic acids is 1. The smallest absolute Gasteiger partial charge is 0.317 e. The summed E-state index contributed by atoms with van der Waals surface area (Å²) in [6, 6.07) is -0.404. The number of hydrogen-bond acceptors (Lipinski definition) is 3. The lowest BCUT2D eigenvalue weighted by molar-refractivity contribution is -0.137. The predicted octanol–water partition coefficient (Wildman–Crippen LogP) is 1.31. The zero-order valence-corrected chi connectivity index (χ0v) is 12.0. The molecular weight excluding hydrogens is 260 g/mol. The molecule has 6 heteroatoms. The van der Waals surface area contributed by atoms with Crippen LogP contribution in [0.25, 0.3) is 0 Å². The van der Waals surface area contributed by atoms with Crippen molar-refractivity contribution in [3.8, 4) is 0 Å². The molecule has 1 heterocycles. The first kappa shape index (κ1) is 15.1. The van der Waals surface area contributed by atoms with Crippen molar-refractivity contribution in [1.82, 2.24) is 10.2 Å². The minimum absolute atomic E-state index is 0.0107. The van der Waals surface area contributed by atoms with Gasteiger partial charge in [0.05, 0.1) is 13.0 Å². The number of aliphatic carboxylic acids is 1. The predicted molar refractivity (Wildman–Crippen MR) is 73.5 cm³/mol. The van der Waals surface area contributed by atoms with Crippen molar-refractivity contribution in [3.63, 3.8) is 0 Å². The minimum atomic E-state index is -0.856. The monoisotopic (exact) mass is 284 g/mol. The maximum atomic E-state index is 12.1. The molecule has 20 heavy (non-hydrogen) atoms. The highest BCUT2D eigenvalue weighted by molar-refractivity contribution is 5.75. The van der Waals surface area contributed by atoms with E-state index < -0.39 is 5.97 Å². The second kappa shape index (κ2) is 6.92. The molecule has 2 N–H and O–H groups in total. The normalized spacial score (nSPS) is 23.9. The van der Waals surface area contributed by atoms with Gasteiger partial charge >= 0.3 is 12.0 Å². The van der Waals surface area contributed by atoms with Crippen LogP contribution in [0.4, 0.5) is 4.79 Å². The third-order valence-corrected chi connectivity index (χ3v) is 4.03. The summed E-state index contributed by atoms with van der Waals surface area (Å²) in [4.78, 5) is 24.6. The maximum absolute atomic E-state index is 12.1. The van der Waals surface area contributed by atoms with Crippen LogP contribution in [0.15, 0.2) is 0 Å². The van der Waals surface area contributed by atoms with E-state index in [1.807, 2.05) is 0 Å². The summed E-state index contributed by atoms with van der Waals surface area (Å²) in [7, 11) is 1.76. The Morgan fingerprint density at radius 2 is 2.15 bits per heavy atom. The second-order valence-electron chi connectivity index (χ2n) is 5.95. The molecule has 2 atom stereocenters. The highest BCUT2D eigenvalue weighted by atomic mass is 16.5. The number of amides is 2. The second-order valence-corrected chi connectivity index (χ2v) is 5.95. The van der Waals surface area contributed by atoms with Gasteiger partial charge in [0.1, 0.15) is 0 Å². The lowest BCUT2D eigenvalue weighted by Crippen LogP contribution is -2.46. The zero-order chi connectivity index (χ0) is 14.5. The fourth-order valence-electron chi connectivity index (χ4n) is 2.71. The summed E-state index contributed by atoms with van der Waals surface area (Å²) < 4.78 is 5.41. The topological polar surface area (TPSA) is 78.9 Å². The Labute approximate surface area is 119 Å². The van der Waals surface area contributed by atoms with Gasteiger partial charge < -0.3 is 20.1 Å². The van der Waals surface area contributed by atoms with Crippen molar-refractivity contribution < 1.29 is 19.4 Å². The molecule has 2 fully saturated rings. The van der Waals surface area contributed by atoms with Gasteiger partial charge in [-0.3, -0.25) is 4.79 Å². The molecule has 1 saturated heterocycles. The number of ether oxygens (including phenoxy) is 1. The molecule has 0 bridgehead atoms. The van der Waals surface area contributed by atoms with Gasteiger partial charge in [0, 0.05) is 32.2 Å². The highest BCUT2D eigenvalue weighted by Crippen LogP contribution is 2.34. The Morgan fingerprint density at radius 1 is 1.40 bits per heavy atom. The number of urea groups is 1. The molecule has 114 valence electrons. The Balaban J connectivity index is 1.77. The Hall–Kier alpha value is -1.30. The van der Waals surface area contributed by atoms with Crippen LogP contribution in [0.5, 0.6) is 0 Å². The molecule has 1 saturated carbocycles. The third kappa shape index (κ3) is 4.67. The van der Waals surface area contributed by atoms with E-state index in [2.05, 4.69) is 5.32 Å². The van der Waals surface area contributed by atoms with Crippen molar-refractivity contribution in [2.45, 2.75) is 38.1 Å². The summed E-state index contributed by atoms with van der Waals surface area (Å²) >= 11 is 0. The summed E-state index contributed by atoms with van der Waals surface area (Å²) in [6.45, 7) is 2.18. The average Bonchev–Trinajstić information content (AvgIpc) is 3.22. The molecule has 6 nitrogen and oxygen atoms in total. The van der Waals surface area contributed by atoms with Gasteiger partial charge in [-0.25, -0.2) is 4.79 Å². The van der Waals surface area contributed by atoms with Gasteiger partial charge in [-0.05, 0) is 31.6 Å². The first-order valence-electron chi connectivity index (χ1n) is 7.37. The van der Waals surface area contributed by atoms with Gasteiger partial charge in [0.15, 0.2) is 0 Å². The van der Waals surface area contributed by atoms with Crippen molar-refractivity contribution in [1.29, 1.82) is 0 Å². The molecule has 0 aromatic carbocycles. The molecule has 1 aliphatic heterocycles. The fraction of sp³-hybridized carbons (Fsp3) is 0.857. The van der Waals surface area contributed by atoms with E-state index in [0.717, 1.165) is 32.3 Å². The van der Waals surface area contributed by atoms with E-state index in [9.17, 15) is 9.59 Å². The molecule has 0 aromatic heterocycles. The van der Waals surface area contributed by atoms with Gasteiger partial charge in [0.25, 0.3) is 0 Å². The molecule has 2 unspecified atom stereocenters. The van der Waals surface area contributed by atoms with Gasteiger partial charge in [-0.1, -0.05) is 0 Å². The lowest BCUT2D eigenvalue weighted by atomic mass is 10.0. The first-order valence-corrected chi connectivity index (χ1v) is 7.37. The Kier molecular flexibility index (Phi) is 5.23. The van der Waals surface area contributed by atoms with E-state index >= 15 is 0 Å². The van der Waals surface area contributed by atoms with Crippen LogP contribution in [0.1, 0.15) is 32.1 Å². The van der Waals surface area contributed by atoms with Crippen LogP contribution in [-0.2, 0) is 9.53 Å². The largest absolute Gasteiger partial charge is 0.481 e. The zero-order valence-electron chi connectivity index (χ0n) is 12.0. The third-order valence-electron chi connectivity index (χ3n) is 4.03. The minimum Gasteiger partial charge on any atom is -0.481 e. The molecule has 2 amide bonds. The van der Waals surface area contributed by atoms with Crippen LogP contribution in [-0.4, -0.2) is 54.9 Å². The van der Waals surface area contributed by atoms with E-state index in [1.54, 1.807) is 11.9 Å². The molecule has 2 rings (SSSR count). The van der Waals surface area contributed by atoms with Crippen LogP contribution < -0.4 is 5.32 Å². The number of nitrogens with zero attached hydrogens (tertiary/aromatic N) is 1. The number of nitrogens with one attached hydrogen (secondary N) is 1. The quantitative estimate of drug-likeness (QED) is 0.770. The van der Waals surface area contributed by atoms with Crippen molar-refractivity contribution in [3.05, 3.63) is 0 Å². The summed E-state index contributed by atoms with van der Waals surface area (Å²) in [5.74, 6) is -0.134. The summed E-state index contributed by atoms with van der Waals surface area (Å²) in [6.07, 6.45) is 4.16. The van der Waals surface area contributed by atoms with Gasteiger partial charge in [-0.15, -0.1) is 0 Å². The Bertz CT molecular complexity index is 351. The molecular formula is C14H24N2O4. The molecule has 1 aliphatic carbocycles. The van der Waals surface area contributed by atoms with Gasteiger partial charge in [0.2, 0.25) is 0 Å². The van der Waals surface area contributed by atoms with E-state index in [0.29, 0.717) is 25.0 Å². The van der Waals surface area contributed by atoms with E-state index in [-0.39, 0.29) is 18.5 Å². The van der Waals surface area contributed by atoms with Gasteiger partial charge in [-0.2, -0.15) is 0 Å². The Morgan fingerprint density at radius 3 is 2.70 bits per heavy atom. The van der Waals surface area contributed by atoms with E-state index in [1.165, 1.54) is 0 Å². The van der Waals surface area contributed by atoms with Crippen molar-refractivity contribution >= 4 is 12.0 Å². The summed E-state index contributed by atoms with van der Waals surface area (Å²) in [5, 5.41) is 11.8. The fourth-order valence-corrected chi connectivity index (χ4v) is 2.71. The number of carbonyl (C=O) groups is 2. The number of carboxylic acids is 1. The SMILES string of the molecule is CN(CC1CCCOC1)C(=O)NC(CC(=O)O)C1CC1. The van der Waals surface area contributed by atoms with Crippen molar-refractivity contribution in [2.24, 2.45) is 11.8 Å². The standard InChI is InChI=1S/C14H24N2O4/c1-16(8-10-3-2-6-20-9-10)14(19)15-12(7-13(17)18)11-4-5-11/h10-12H,2-9H2,1H3,(H,15,19)(H,17,18). The first-order chi connectivity index (χ1) is 9.56. The highest BCUT2D eigenvalue weighted by Gasteiger charge is 2.34. The lowest BCUT2D eigenvalue weighted by Gasteiger charge is -2.28. The van der Waals surface area contributed by atoms with Crippen molar-refractivity contribution in [2.75, 3.05) is 26.8 Å². The molecule has 0 radical (unpaired) electrons. The number of rotatable bonds is 6. The van der Waals surface area contributed by atoms with Crippen LogP contribution in [0.2, 0.25) is 0 Å². The molecule has 0 aromatic rings. The molecule has 2 aliphatic rings. The molecule has 0 spiro atoms. The summed E-state index contributed by atoms with van der Waals surface area (Å²) in [5.41, 5.74) is 0. The maximum Gasteiger partial charge on any atom is 0.317 e. The van der Waals surface area contributed by atoms with E-state index in [4.69, 9.17) is 9.84 Å². The van der Waals surface area contributed by atoms with Crippen LogP contribution in [0.3, 0.4) is 0 Å². The average molecular weight is 284 g/mol. The number of carboxylic acid groups (broad SMARTS) is 1. The van der Waals surface area contributed by atoms with Crippen LogP contribution >= 0.6 is 0 Å². The van der Waals surface area contributed by atoms with Crippen LogP contribution in [0, 0.1) is 11.8 Å².